The lowest BCUT2D eigenvalue weighted by Gasteiger charge is -2.26. The molecule has 1 fully saturated rings. The predicted octanol–water partition coefficient (Wildman–Crippen LogP) is 3.40. The van der Waals surface area contributed by atoms with Gasteiger partial charge in [-0.1, -0.05) is 53.7 Å². The van der Waals surface area contributed by atoms with Crippen LogP contribution in [0.2, 0.25) is 0 Å². The molecule has 0 unspecified atom stereocenters. The van der Waals surface area contributed by atoms with Gasteiger partial charge in [0.25, 0.3) is 5.56 Å². The van der Waals surface area contributed by atoms with Crippen LogP contribution >= 0.6 is 11.8 Å². The zero-order valence-corrected chi connectivity index (χ0v) is 18.6. The number of nitrogens with zero attached hydrogens (tertiary/aromatic N) is 3. The molecule has 7 heteroatoms. The van der Waals surface area contributed by atoms with E-state index in [1.807, 2.05) is 55.5 Å². The van der Waals surface area contributed by atoms with Gasteiger partial charge in [0, 0.05) is 31.7 Å². The Labute approximate surface area is 186 Å². The van der Waals surface area contributed by atoms with Gasteiger partial charge in [-0.05, 0) is 25.5 Å². The lowest BCUT2D eigenvalue weighted by Crippen LogP contribution is -2.37. The Kier molecular flexibility index (Phi) is 7.17. The molecule has 1 aliphatic rings. The molecule has 0 bridgehead atoms. The van der Waals surface area contributed by atoms with Crippen molar-refractivity contribution in [3.8, 4) is 0 Å². The number of carbonyl (C=O) groups is 1. The highest BCUT2D eigenvalue weighted by atomic mass is 32.2. The summed E-state index contributed by atoms with van der Waals surface area (Å²) in [7, 11) is 0. The average molecular weight is 438 g/mol. The quantitative estimate of drug-likeness (QED) is 0.306. The molecule has 0 amide bonds. The van der Waals surface area contributed by atoms with Gasteiger partial charge in [0.15, 0.2) is 10.9 Å². The van der Waals surface area contributed by atoms with E-state index in [1.165, 1.54) is 11.8 Å². The second-order valence-electron chi connectivity index (χ2n) is 7.75. The lowest BCUT2D eigenvalue weighted by atomic mass is 10.1. The number of thioether (sulfide) groups is 1. The highest BCUT2D eigenvalue weighted by Crippen LogP contribution is 2.20. The summed E-state index contributed by atoms with van der Waals surface area (Å²) in [4.78, 5) is 32.9. The van der Waals surface area contributed by atoms with E-state index in [0.29, 0.717) is 28.2 Å². The van der Waals surface area contributed by atoms with Crippen molar-refractivity contribution in [1.82, 2.24) is 14.5 Å². The SMILES string of the molecule is Cc1ccc(C(=O)CSc2nc3ccccc3c(=O)n2CCCN2CCOCC2)cc1. The summed E-state index contributed by atoms with van der Waals surface area (Å²) in [5.74, 6) is 0.282. The van der Waals surface area contributed by atoms with Crippen LogP contribution in [0.3, 0.4) is 0 Å². The number of carbonyl (C=O) groups excluding carboxylic acids is 1. The summed E-state index contributed by atoms with van der Waals surface area (Å²) in [6, 6.07) is 15.0. The number of morpholine rings is 1. The van der Waals surface area contributed by atoms with Crippen molar-refractivity contribution in [2.24, 2.45) is 0 Å². The maximum absolute atomic E-state index is 13.2. The van der Waals surface area contributed by atoms with Crippen LogP contribution in [0.1, 0.15) is 22.3 Å². The van der Waals surface area contributed by atoms with Gasteiger partial charge in [-0.25, -0.2) is 4.98 Å². The third kappa shape index (κ3) is 5.42. The minimum atomic E-state index is -0.0436. The number of hydrogen-bond acceptors (Lipinski definition) is 6. The number of aromatic nitrogens is 2. The summed E-state index contributed by atoms with van der Waals surface area (Å²) < 4.78 is 7.14. The van der Waals surface area contributed by atoms with Crippen LogP contribution in [-0.2, 0) is 11.3 Å². The van der Waals surface area contributed by atoms with E-state index in [-0.39, 0.29) is 17.1 Å². The molecule has 1 aromatic heterocycles. The van der Waals surface area contributed by atoms with Crippen LogP contribution in [0.15, 0.2) is 58.5 Å². The maximum atomic E-state index is 13.2. The molecule has 6 nitrogen and oxygen atoms in total. The molecule has 0 N–H and O–H groups in total. The predicted molar refractivity (Wildman–Crippen MR) is 124 cm³/mol. The zero-order valence-electron chi connectivity index (χ0n) is 17.8. The fraction of sp³-hybridized carbons (Fsp3) is 0.375. The van der Waals surface area contributed by atoms with Crippen molar-refractivity contribution >= 4 is 28.4 Å². The van der Waals surface area contributed by atoms with E-state index in [2.05, 4.69) is 4.90 Å². The zero-order chi connectivity index (χ0) is 21.6. The molecule has 0 spiro atoms. The van der Waals surface area contributed by atoms with Crippen molar-refractivity contribution in [3.05, 3.63) is 70.0 Å². The smallest absolute Gasteiger partial charge is 0.262 e. The third-order valence-electron chi connectivity index (χ3n) is 5.49. The number of para-hydroxylation sites is 1. The summed E-state index contributed by atoms with van der Waals surface area (Å²) in [5, 5.41) is 1.22. The van der Waals surface area contributed by atoms with Crippen molar-refractivity contribution < 1.29 is 9.53 Å². The number of aryl methyl sites for hydroxylation is 1. The fourth-order valence-corrected chi connectivity index (χ4v) is 4.60. The first-order valence-electron chi connectivity index (χ1n) is 10.6. The van der Waals surface area contributed by atoms with Crippen molar-refractivity contribution in [2.75, 3.05) is 38.6 Å². The number of hydrogen-bond donors (Lipinski definition) is 0. The number of fused-ring (bicyclic) bond motifs is 1. The molecule has 1 aliphatic heterocycles. The van der Waals surface area contributed by atoms with Gasteiger partial charge in [-0.3, -0.25) is 19.1 Å². The summed E-state index contributed by atoms with van der Waals surface area (Å²) in [6.45, 7) is 6.87. The van der Waals surface area contributed by atoms with E-state index in [4.69, 9.17) is 9.72 Å². The van der Waals surface area contributed by atoms with Crippen LogP contribution in [0, 0.1) is 6.92 Å². The number of benzene rings is 2. The number of ether oxygens (including phenoxy) is 1. The van der Waals surface area contributed by atoms with Crippen LogP contribution in [0.25, 0.3) is 10.9 Å². The van der Waals surface area contributed by atoms with Crippen LogP contribution < -0.4 is 5.56 Å². The first kappa shape index (κ1) is 21.7. The summed E-state index contributed by atoms with van der Waals surface area (Å²) in [5.41, 5.74) is 2.43. The van der Waals surface area contributed by atoms with Crippen LogP contribution in [0.4, 0.5) is 0 Å². The topological polar surface area (TPSA) is 64.4 Å². The Morgan fingerprint density at radius 3 is 2.58 bits per heavy atom. The number of Topliss-reactive ketones (excluding diaryl/α,β-unsaturated/α-hetero) is 1. The van der Waals surface area contributed by atoms with E-state index < -0.39 is 0 Å². The van der Waals surface area contributed by atoms with Gasteiger partial charge in [0.05, 0.1) is 29.9 Å². The molecule has 2 heterocycles. The second kappa shape index (κ2) is 10.2. The van der Waals surface area contributed by atoms with Crippen LogP contribution in [0.5, 0.6) is 0 Å². The molecule has 2 aromatic carbocycles. The van der Waals surface area contributed by atoms with Gasteiger partial charge in [-0.15, -0.1) is 0 Å². The summed E-state index contributed by atoms with van der Waals surface area (Å²) >= 11 is 1.34. The van der Waals surface area contributed by atoms with Gasteiger partial charge in [0.1, 0.15) is 0 Å². The Morgan fingerprint density at radius 1 is 1.06 bits per heavy atom. The molecule has 0 saturated carbocycles. The molecule has 0 atom stereocenters. The molecular formula is C24H27N3O3S. The highest BCUT2D eigenvalue weighted by molar-refractivity contribution is 7.99. The third-order valence-corrected chi connectivity index (χ3v) is 6.47. The molecule has 31 heavy (non-hydrogen) atoms. The number of ketones is 1. The largest absolute Gasteiger partial charge is 0.379 e. The molecular weight excluding hydrogens is 410 g/mol. The standard InChI is InChI=1S/C24H27N3O3S/c1-18-7-9-19(10-8-18)22(28)17-31-24-25-21-6-3-2-5-20(21)23(29)27(24)12-4-11-26-13-15-30-16-14-26/h2-3,5-10H,4,11-17H2,1H3. The summed E-state index contributed by atoms with van der Waals surface area (Å²) in [6.07, 6.45) is 0.847. The van der Waals surface area contributed by atoms with Gasteiger partial charge >= 0.3 is 0 Å². The highest BCUT2D eigenvalue weighted by Gasteiger charge is 2.15. The first-order chi connectivity index (χ1) is 15.1. The second-order valence-corrected chi connectivity index (χ2v) is 8.70. The Hall–Kier alpha value is -2.48. The molecule has 0 aliphatic carbocycles. The molecule has 1 saturated heterocycles. The molecule has 4 rings (SSSR count). The Balaban J connectivity index is 1.52. The maximum Gasteiger partial charge on any atom is 0.262 e. The van der Waals surface area contributed by atoms with E-state index in [9.17, 15) is 9.59 Å². The van der Waals surface area contributed by atoms with Gasteiger partial charge < -0.3 is 4.74 Å². The molecule has 3 aromatic rings. The van der Waals surface area contributed by atoms with Crippen molar-refractivity contribution in [1.29, 1.82) is 0 Å². The molecule has 162 valence electrons. The Bertz CT molecular complexity index is 1110. The minimum absolute atomic E-state index is 0.0345. The van der Waals surface area contributed by atoms with Crippen molar-refractivity contribution in [3.63, 3.8) is 0 Å². The van der Waals surface area contributed by atoms with E-state index >= 15 is 0 Å². The van der Waals surface area contributed by atoms with Gasteiger partial charge in [-0.2, -0.15) is 0 Å². The lowest BCUT2D eigenvalue weighted by molar-refractivity contribution is 0.0368. The minimum Gasteiger partial charge on any atom is -0.379 e. The molecule has 0 radical (unpaired) electrons. The van der Waals surface area contributed by atoms with E-state index in [1.54, 1.807) is 4.57 Å². The Morgan fingerprint density at radius 2 is 1.81 bits per heavy atom. The normalized spacial score (nSPS) is 14.7. The number of rotatable bonds is 8. The monoisotopic (exact) mass is 437 g/mol. The first-order valence-corrected chi connectivity index (χ1v) is 11.6. The van der Waals surface area contributed by atoms with Crippen LogP contribution in [-0.4, -0.2) is 58.8 Å². The van der Waals surface area contributed by atoms with E-state index in [0.717, 1.165) is 44.8 Å². The van der Waals surface area contributed by atoms with Crippen molar-refractivity contribution in [2.45, 2.75) is 25.0 Å². The average Bonchev–Trinajstić information content (AvgIpc) is 2.80. The fourth-order valence-electron chi connectivity index (χ4n) is 3.69. The van der Waals surface area contributed by atoms with Gasteiger partial charge in [0.2, 0.25) is 0 Å².